The number of nitrogen functional groups attached to an aromatic ring is 2. The van der Waals surface area contributed by atoms with Gasteiger partial charge in [-0.15, -0.1) is 48.0 Å². The molecule has 0 saturated carbocycles. The number of carbonyl (C=O) groups is 1. The number of benzene rings is 3. The molecule has 8 nitrogen and oxygen atoms in total. The Morgan fingerprint density at radius 1 is 0.800 bits per heavy atom. The van der Waals surface area contributed by atoms with Crippen molar-refractivity contribution in [2.24, 2.45) is 24.1 Å². The zero-order chi connectivity index (χ0) is 26.8. The van der Waals surface area contributed by atoms with Crippen molar-refractivity contribution in [1.82, 2.24) is 9.13 Å². The molecule has 0 aliphatic carbocycles. The lowest BCUT2D eigenvalue weighted by atomic mass is 10.1. The molecule has 10 heteroatoms. The largest absolute Gasteiger partial charge is 0.399 e. The minimum atomic E-state index is -0.296. The van der Waals surface area contributed by atoms with Gasteiger partial charge in [0.05, 0.1) is 33.2 Å². The SMILES string of the molecule is Cc1cc(=Nc2ccc(C(=O)Nc3ccc(N=c4ccn(C)cc4)cc3)c(N)c2)c2cc(N)ccc2n1C.I.I. The highest BCUT2D eigenvalue weighted by Gasteiger charge is 2.11. The molecule has 0 aliphatic heterocycles. The number of anilines is 3. The summed E-state index contributed by atoms with van der Waals surface area (Å²) in [5.74, 6) is -0.296. The maximum atomic E-state index is 12.9. The Balaban J connectivity index is 0.00000220. The Morgan fingerprint density at radius 3 is 2.15 bits per heavy atom. The van der Waals surface area contributed by atoms with E-state index in [1.54, 1.807) is 18.2 Å². The lowest BCUT2D eigenvalue weighted by Gasteiger charge is -2.11. The second-order valence-electron chi connectivity index (χ2n) is 9.22. The monoisotopic (exact) mass is 759 g/mol. The zero-order valence-electron chi connectivity index (χ0n) is 22.3. The van der Waals surface area contributed by atoms with E-state index in [9.17, 15) is 4.79 Å². The molecule has 3 aromatic carbocycles. The van der Waals surface area contributed by atoms with Gasteiger partial charge in [0.1, 0.15) is 0 Å². The highest BCUT2D eigenvalue weighted by Crippen LogP contribution is 2.23. The first-order valence-electron chi connectivity index (χ1n) is 12.2. The Labute approximate surface area is 266 Å². The summed E-state index contributed by atoms with van der Waals surface area (Å²) in [6, 6.07) is 24.2. The summed E-state index contributed by atoms with van der Waals surface area (Å²) >= 11 is 0. The van der Waals surface area contributed by atoms with Crippen LogP contribution in [0.5, 0.6) is 0 Å². The molecule has 0 atom stereocenters. The van der Waals surface area contributed by atoms with Crippen molar-refractivity contribution in [3.05, 3.63) is 113 Å². The van der Waals surface area contributed by atoms with Crippen LogP contribution >= 0.6 is 48.0 Å². The number of hydrogen-bond donors (Lipinski definition) is 3. The van der Waals surface area contributed by atoms with Gasteiger partial charge in [0.15, 0.2) is 0 Å². The Morgan fingerprint density at radius 2 is 1.48 bits per heavy atom. The van der Waals surface area contributed by atoms with Crippen LogP contribution < -0.4 is 27.5 Å². The van der Waals surface area contributed by atoms with Crippen LogP contribution in [0, 0.1) is 6.92 Å². The van der Waals surface area contributed by atoms with Gasteiger partial charge < -0.3 is 25.9 Å². The summed E-state index contributed by atoms with van der Waals surface area (Å²) in [6.45, 7) is 2.03. The van der Waals surface area contributed by atoms with Crippen LogP contribution in [0.4, 0.5) is 28.4 Å². The molecule has 0 radical (unpaired) electrons. The highest BCUT2D eigenvalue weighted by atomic mass is 127. The van der Waals surface area contributed by atoms with E-state index >= 15 is 0 Å². The number of amides is 1. The molecule has 0 fully saturated rings. The number of pyridine rings is 2. The molecular weight excluding hydrogens is 728 g/mol. The summed E-state index contributed by atoms with van der Waals surface area (Å²) in [6.07, 6.45) is 3.88. The maximum Gasteiger partial charge on any atom is 0.257 e. The third kappa shape index (κ3) is 6.91. The molecule has 5 rings (SSSR count). The number of aromatic nitrogens is 2. The minimum Gasteiger partial charge on any atom is -0.399 e. The first-order valence-corrected chi connectivity index (χ1v) is 12.2. The van der Waals surface area contributed by atoms with Gasteiger partial charge in [-0.3, -0.25) is 4.79 Å². The molecule has 40 heavy (non-hydrogen) atoms. The van der Waals surface area contributed by atoms with Crippen molar-refractivity contribution in [2.75, 3.05) is 16.8 Å². The van der Waals surface area contributed by atoms with E-state index in [4.69, 9.17) is 16.5 Å². The quantitative estimate of drug-likeness (QED) is 0.156. The van der Waals surface area contributed by atoms with E-state index in [1.807, 2.05) is 98.6 Å². The minimum absolute atomic E-state index is 0. The fourth-order valence-electron chi connectivity index (χ4n) is 4.21. The van der Waals surface area contributed by atoms with Crippen LogP contribution in [0.15, 0.2) is 101 Å². The fourth-order valence-corrected chi connectivity index (χ4v) is 4.21. The van der Waals surface area contributed by atoms with Gasteiger partial charge in [0.25, 0.3) is 5.91 Å². The van der Waals surface area contributed by atoms with E-state index in [0.717, 1.165) is 33.0 Å². The van der Waals surface area contributed by atoms with Crippen molar-refractivity contribution in [3.8, 4) is 0 Å². The summed E-state index contributed by atoms with van der Waals surface area (Å²) in [4.78, 5) is 22.3. The van der Waals surface area contributed by atoms with Crippen LogP contribution in [0.2, 0.25) is 0 Å². The van der Waals surface area contributed by atoms with E-state index in [2.05, 4.69) is 14.9 Å². The van der Waals surface area contributed by atoms with Gasteiger partial charge in [0, 0.05) is 54.6 Å². The third-order valence-electron chi connectivity index (χ3n) is 6.41. The van der Waals surface area contributed by atoms with Crippen LogP contribution in [0.25, 0.3) is 10.9 Å². The number of nitrogens with two attached hydrogens (primary N) is 2. The topological polar surface area (TPSA) is 116 Å². The van der Waals surface area contributed by atoms with Crippen LogP contribution in [0.1, 0.15) is 16.1 Å². The van der Waals surface area contributed by atoms with Crippen molar-refractivity contribution in [2.45, 2.75) is 6.92 Å². The standard InChI is InChI=1S/C30H29N7O.2HI/c1-19-16-28(26-17-20(31)4-11-29(26)37(19)3)34-24-9-10-25(27(32)18-24)30(38)35-22-7-5-21(6-8-22)33-23-12-14-36(2)15-13-23;;/h4-18H,31-32H2,1-3H3,(H,35,38);2*1H. The van der Waals surface area contributed by atoms with Crippen molar-refractivity contribution < 1.29 is 4.79 Å². The summed E-state index contributed by atoms with van der Waals surface area (Å²) in [5.41, 5.74) is 17.9. The lowest BCUT2D eigenvalue weighted by Crippen LogP contribution is -2.14. The molecule has 0 aliphatic rings. The molecule has 1 amide bonds. The van der Waals surface area contributed by atoms with Gasteiger partial charge in [-0.1, -0.05) is 0 Å². The van der Waals surface area contributed by atoms with E-state index in [0.29, 0.717) is 28.3 Å². The predicted molar refractivity (Wildman–Crippen MR) is 184 cm³/mol. The number of fused-ring (bicyclic) bond motifs is 1. The molecule has 2 heterocycles. The first-order chi connectivity index (χ1) is 18.3. The molecule has 0 saturated heterocycles. The van der Waals surface area contributed by atoms with Gasteiger partial charge in [-0.05, 0) is 85.8 Å². The van der Waals surface area contributed by atoms with Crippen LogP contribution in [0.3, 0.4) is 0 Å². The number of carbonyl (C=O) groups excluding carboxylic acids is 1. The third-order valence-corrected chi connectivity index (χ3v) is 6.41. The number of rotatable bonds is 4. The first kappa shape index (κ1) is 30.9. The Bertz CT molecular complexity index is 1800. The molecule has 206 valence electrons. The molecule has 5 aromatic rings. The highest BCUT2D eigenvalue weighted by molar-refractivity contribution is 14.0. The van der Waals surface area contributed by atoms with Crippen LogP contribution in [-0.2, 0) is 14.1 Å². The van der Waals surface area contributed by atoms with E-state index in [-0.39, 0.29) is 53.9 Å². The number of aryl methyl sites for hydroxylation is 3. The molecule has 0 unspecified atom stereocenters. The second-order valence-corrected chi connectivity index (χ2v) is 9.22. The summed E-state index contributed by atoms with van der Waals surface area (Å²) in [5, 5.41) is 5.48. The molecule has 5 N–H and O–H groups in total. The molecule has 2 aromatic heterocycles. The molecule has 0 spiro atoms. The van der Waals surface area contributed by atoms with E-state index in [1.165, 1.54) is 0 Å². The average molecular weight is 759 g/mol. The summed E-state index contributed by atoms with van der Waals surface area (Å²) in [7, 11) is 3.97. The normalized spacial score (nSPS) is 10.9. The number of nitrogens with one attached hydrogen (secondary N) is 1. The van der Waals surface area contributed by atoms with Crippen molar-refractivity contribution in [3.63, 3.8) is 0 Å². The van der Waals surface area contributed by atoms with Gasteiger partial charge >= 0.3 is 0 Å². The number of halogens is 2. The number of nitrogens with zero attached hydrogens (tertiary/aromatic N) is 4. The maximum absolute atomic E-state index is 12.9. The lowest BCUT2D eigenvalue weighted by molar-refractivity contribution is 0.102. The zero-order valence-corrected chi connectivity index (χ0v) is 27.0. The predicted octanol–water partition coefficient (Wildman–Crippen LogP) is 5.94. The Kier molecular flexibility index (Phi) is 10.1. The van der Waals surface area contributed by atoms with Gasteiger partial charge in [-0.25, -0.2) is 9.98 Å². The van der Waals surface area contributed by atoms with Crippen LogP contribution in [-0.4, -0.2) is 15.0 Å². The molecular formula is C30H31I2N7O. The van der Waals surface area contributed by atoms with Crippen molar-refractivity contribution >= 4 is 93.2 Å². The molecule has 0 bridgehead atoms. The Hall–Kier alpha value is -3.65. The fraction of sp³-hybridized carbons (Fsp3) is 0.100. The average Bonchev–Trinajstić information content (AvgIpc) is 2.89. The van der Waals surface area contributed by atoms with Gasteiger partial charge in [0.2, 0.25) is 0 Å². The smallest absolute Gasteiger partial charge is 0.257 e. The van der Waals surface area contributed by atoms with Gasteiger partial charge in [-0.2, -0.15) is 0 Å². The number of hydrogen-bond acceptors (Lipinski definition) is 5. The van der Waals surface area contributed by atoms with Crippen molar-refractivity contribution in [1.29, 1.82) is 0 Å². The summed E-state index contributed by atoms with van der Waals surface area (Å²) < 4.78 is 4.04. The second kappa shape index (κ2) is 13.1. The van der Waals surface area contributed by atoms with E-state index < -0.39 is 0 Å².